The third-order valence-electron chi connectivity index (χ3n) is 6.10. The van der Waals surface area contributed by atoms with E-state index in [9.17, 15) is 14.7 Å². The van der Waals surface area contributed by atoms with Crippen LogP contribution in [0.25, 0.3) is 0 Å². The zero-order valence-electron chi connectivity index (χ0n) is 11.4. The molecular weight excluding hydrogens is 260 g/mol. The van der Waals surface area contributed by atoms with Gasteiger partial charge in [-0.25, -0.2) is 4.79 Å². The molecule has 2 saturated heterocycles. The molecule has 2 aliphatic heterocycles. The molecule has 20 heavy (non-hydrogen) atoms. The Morgan fingerprint density at radius 3 is 2.85 bits per heavy atom. The van der Waals surface area contributed by atoms with E-state index in [1.54, 1.807) is 6.92 Å². The number of ketones is 1. The summed E-state index contributed by atoms with van der Waals surface area (Å²) in [4.78, 5) is 24.4. The molecule has 0 unspecified atom stereocenters. The van der Waals surface area contributed by atoms with Crippen LogP contribution in [0.2, 0.25) is 0 Å². The molecule has 1 N–H and O–H groups in total. The van der Waals surface area contributed by atoms with Gasteiger partial charge in [0.25, 0.3) is 0 Å². The molecule has 0 aromatic carbocycles. The molecule has 4 aliphatic rings. The smallest absolute Gasteiger partial charge is 0.334 e. The summed E-state index contributed by atoms with van der Waals surface area (Å²) in [6.07, 6.45) is 0.581. The normalized spacial score (nSPS) is 53.6. The van der Waals surface area contributed by atoms with Crippen LogP contribution in [0.1, 0.15) is 26.2 Å². The zero-order valence-corrected chi connectivity index (χ0v) is 11.4. The second-order valence-corrected chi connectivity index (χ2v) is 6.71. The Morgan fingerprint density at radius 2 is 2.10 bits per heavy atom. The summed E-state index contributed by atoms with van der Waals surface area (Å²) in [7, 11) is 0. The molecule has 0 aromatic heterocycles. The lowest BCUT2D eigenvalue weighted by molar-refractivity contribution is -0.172. The minimum Gasteiger partial charge on any atom is -0.457 e. The third-order valence-corrected chi connectivity index (χ3v) is 6.10. The quantitative estimate of drug-likeness (QED) is 0.519. The first-order valence-electron chi connectivity index (χ1n) is 7.17. The first-order chi connectivity index (χ1) is 9.40. The molecular formula is C15H18O5. The Bertz CT molecular complexity index is 540. The van der Waals surface area contributed by atoms with Crippen LogP contribution in [0.4, 0.5) is 0 Å². The van der Waals surface area contributed by atoms with E-state index in [0.717, 1.165) is 6.42 Å². The number of aliphatic hydroxyl groups is 1. The Balaban J connectivity index is 1.90. The third kappa shape index (κ3) is 1.10. The van der Waals surface area contributed by atoms with Crippen molar-refractivity contribution in [2.75, 3.05) is 6.61 Å². The summed E-state index contributed by atoms with van der Waals surface area (Å²) in [5.41, 5.74) is -1.85. The van der Waals surface area contributed by atoms with Gasteiger partial charge in [0.15, 0.2) is 0 Å². The van der Waals surface area contributed by atoms with E-state index < -0.39 is 29.2 Å². The highest BCUT2D eigenvalue weighted by Gasteiger charge is 2.75. The summed E-state index contributed by atoms with van der Waals surface area (Å²) in [5.74, 6) is -0.724. The number of esters is 1. The van der Waals surface area contributed by atoms with Crippen molar-refractivity contribution < 1.29 is 24.2 Å². The number of carbonyl (C=O) groups excluding carboxylic acids is 2. The van der Waals surface area contributed by atoms with E-state index in [-0.39, 0.29) is 24.0 Å². The minimum atomic E-state index is -1.21. The molecule has 2 saturated carbocycles. The van der Waals surface area contributed by atoms with Crippen LogP contribution in [0.3, 0.4) is 0 Å². The highest BCUT2D eigenvalue weighted by Crippen LogP contribution is 2.61. The molecule has 5 nitrogen and oxygen atoms in total. The van der Waals surface area contributed by atoms with Crippen LogP contribution in [0.5, 0.6) is 0 Å². The Labute approximate surface area is 116 Å². The van der Waals surface area contributed by atoms with Crippen molar-refractivity contribution in [1.82, 2.24) is 0 Å². The van der Waals surface area contributed by atoms with E-state index in [4.69, 9.17) is 9.47 Å². The summed E-state index contributed by atoms with van der Waals surface area (Å²) >= 11 is 0. The van der Waals surface area contributed by atoms with Gasteiger partial charge in [-0.05, 0) is 19.8 Å². The van der Waals surface area contributed by atoms with E-state index in [0.29, 0.717) is 18.6 Å². The van der Waals surface area contributed by atoms with E-state index in [1.165, 1.54) is 0 Å². The molecule has 4 rings (SSSR count). The number of fused-ring (bicyclic) bond motifs is 2. The van der Waals surface area contributed by atoms with Gasteiger partial charge in [0, 0.05) is 23.8 Å². The SMILES string of the molecule is C=C1C(=O)O[C@@H]2[C@H]1CC[C@H]1CO[C@@H]3CC(=O)[C@]2(C)[C@]13O. The second-order valence-electron chi connectivity index (χ2n) is 6.71. The zero-order chi connectivity index (χ0) is 14.3. The minimum absolute atomic E-state index is 0.0610. The molecule has 0 aromatic rings. The summed E-state index contributed by atoms with van der Waals surface area (Å²) in [6.45, 7) is 6.04. The van der Waals surface area contributed by atoms with Crippen LogP contribution in [-0.4, -0.2) is 41.3 Å². The first kappa shape index (κ1) is 12.5. The van der Waals surface area contributed by atoms with Gasteiger partial charge >= 0.3 is 5.97 Å². The van der Waals surface area contributed by atoms with Crippen LogP contribution >= 0.6 is 0 Å². The molecule has 0 radical (unpaired) electrons. The van der Waals surface area contributed by atoms with E-state index in [1.807, 2.05) is 0 Å². The number of hydrogen-bond acceptors (Lipinski definition) is 5. The predicted molar refractivity (Wildman–Crippen MR) is 67.7 cm³/mol. The van der Waals surface area contributed by atoms with Crippen LogP contribution in [-0.2, 0) is 19.1 Å². The monoisotopic (exact) mass is 278 g/mol. The predicted octanol–water partition coefficient (Wildman–Crippen LogP) is 0.603. The summed E-state index contributed by atoms with van der Waals surface area (Å²) in [5, 5.41) is 11.3. The van der Waals surface area contributed by atoms with E-state index in [2.05, 4.69) is 6.58 Å². The van der Waals surface area contributed by atoms with Crippen molar-refractivity contribution >= 4 is 11.8 Å². The van der Waals surface area contributed by atoms with Gasteiger partial charge in [-0.2, -0.15) is 0 Å². The van der Waals surface area contributed by atoms with Crippen molar-refractivity contribution in [1.29, 1.82) is 0 Å². The van der Waals surface area contributed by atoms with Crippen LogP contribution in [0, 0.1) is 17.3 Å². The second kappa shape index (κ2) is 3.52. The molecule has 2 heterocycles. The van der Waals surface area contributed by atoms with Crippen molar-refractivity contribution in [3.8, 4) is 0 Å². The van der Waals surface area contributed by atoms with Crippen molar-refractivity contribution in [2.45, 2.75) is 44.0 Å². The molecule has 4 fully saturated rings. The number of ether oxygens (including phenoxy) is 2. The number of Topliss-reactive ketones (excluding diaryl/α,β-unsaturated/α-hetero) is 1. The average Bonchev–Trinajstić information content (AvgIpc) is 2.91. The fourth-order valence-corrected chi connectivity index (χ4v) is 4.85. The van der Waals surface area contributed by atoms with Gasteiger partial charge < -0.3 is 14.6 Å². The number of rotatable bonds is 0. The van der Waals surface area contributed by atoms with Gasteiger partial charge in [-0.1, -0.05) is 6.58 Å². The molecule has 0 amide bonds. The largest absolute Gasteiger partial charge is 0.457 e. The van der Waals surface area contributed by atoms with Gasteiger partial charge in [0.05, 0.1) is 18.1 Å². The maximum Gasteiger partial charge on any atom is 0.334 e. The molecule has 2 aliphatic carbocycles. The standard InChI is InChI=1S/C15H18O5/c1-7-9-4-3-8-6-19-11-5-10(16)14(2,15(8,11)18)12(9)20-13(7)17/h8-9,11-12,18H,1,3-6H2,2H3/t8-,9-,11+,12+,14-,15-/m0/s1. The van der Waals surface area contributed by atoms with Crippen molar-refractivity contribution in [3.05, 3.63) is 12.2 Å². The van der Waals surface area contributed by atoms with Crippen molar-refractivity contribution in [2.24, 2.45) is 17.3 Å². The number of hydrogen-bond donors (Lipinski definition) is 1. The summed E-state index contributed by atoms with van der Waals surface area (Å²) < 4.78 is 11.1. The molecule has 0 spiro atoms. The van der Waals surface area contributed by atoms with Gasteiger partial charge in [-0.3, -0.25) is 4.79 Å². The maximum absolute atomic E-state index is 12.6. The van der Waals surface area contributed by atoms with Gasteiger partial charge in [0.2, 0.25) is 0 Å². The molecule has 108 valence electrons. The lowest BCUT2D eigenvalue weighted by Gasteiger charge is -2.42. The van der Waals surface area contributed by atoms with Gasteiger partial charge in [0.1, 0.15) is 17.5 Å². The lowest BCUT2D eigenvalue weighted by Crippen LogP contribution is -2.58. The average molecular weight is 278 g/mol. The van der Waals surface area contributed by atoms with Crippen molar-refractivity contribution in [3.63, 3.8) is 0 Å². The fourth-order valence-electron chi connectivity index (χ4n) is 4.85. The first-order valence-corrected chi connectivity index (χ1v) is 7.17. The Kier molecular flexibility index (Phi) is 2.20. The highest BCUT2D eigenvalue weighted by molar-refractivity contribution is 5.95. The molecule has 6 atom stereocenters. The molecule has 0 bridgehead atoms. The highest BCUT2D eigenvalue weighted by atomic mass is 16.6. The fraction of sp³-hybridized carbons (Fsp3) is 0.733. The van der Waals surface area contributed by atoms with Crippen LogP contribution in [0.15, 0.2) is 12.2 Å². The van der Waals surface area contributed by atoms with Crippen LogP contribution < -0.4 is 0 Å². The van der Waals surface area contributed by atoms with Gasteiger partial charge in [-0.15, -0.1) is 0 Å². The Morgan fingerprint density at radius 1 is 1.35 bits per heavy atom. The Hall–Kier alpha value is -1.20. The topological polar surface area (TPSA) is 72.8 Å². The maximum atomic E-state index is 12.6. The number of carbonyl (C=O) groups is 2. The summed E-state index contributed by atoms with van der Waals surface area (Å²) in [6, 6.07) is 0. The lowest BCUT2D eigenvalue weighted by atomic mass is 9.65. The van der Waals surface area contributed by atoms with E-state index >= 15 is 0 Å². The molecule has 5 heteroatoms.